The minimum Gasteiger partial charge on any atom is -0.464 e. The van der Waals surface area contributed by atoms with Crippen LogP contribution >= 0.6 is 0 Å². The molecule has 0 radical (unpaired) electrons. The highest BCUT2D eigenvalue weighted by Gasteiger charge is 2.23. The normalized spacial score (nSPS) is 12.0. The first-order chi connectivity index (χ1) is 13.9. The Hall–Kier alpha value is -3.08. The van der Waals surface area contributed by atoms with Gasteiger partial charge in [-0.25, -0.2) is 4.79 Å². The van der Waals surface area contributed by atoms with Crippen molar-refractivity contribution < 1.29 is 9.21 Å². The number of furan rings is 1. The molecule has 0 bridgehead atoms. The summed E-state index contributed by atoms with van der Waals surface area (Å²) in [7, 11) is 0. The average Bonchev–Trinajstić information content (AvgIpc) is 3.12. The zero-order valence-corrected chi connectivity index (χ0v) is 17.6. The van der Waals surface area contributed by atoms with Crippen LogP contribution in [0, 0.1) is 13.8 Å². The zero-order valence-electron chi connectivity index (χ0n) is 17.6. The number of benzene rings is 1. The SMILES string of the molecule is Cc1ccc(CC(NC(=O)N(Cc2ccc(C)o2)C(C)C)c2ccccn2)cc1. The Labute approximate surface area is 172 Å². The Morgan fingerprint density at radius 3 is 2.41 bits per heavy atom. The Bertz CT molecular complexity index is 917. The van der Waals surface area contributed by atoms with Crippen LogP contribution in [0.1, 0.15) is 48.2 Å². The van der Waals surface area contributed by atoms with Gasteiger partial charge in [-0.05, 0) is 63.9 Å². The summed E-state index contributed by atoms with van der Waals surface area (Å²) < 4.78 is 5.68. The van der Waals surface area contributed by atoms with Gasteiger partial charge >= 0.3 is 6.03 Å². The molecule has 2 heterocycles. The van der Waals surface area contributed by atoms with Gasteiger partial charge in [-0.1, -0.05) is 35.9 Å². The van der Waals surface area contributed by atoms with Crippen LogP contribution < -0.4 is 5.32 Å². The third-order valence-corrected chi connectivity index (χ3v) is 4.91. The minimum absolute atomic E-state index is 0.0316. The van der Waals surface area contributed by atoms with Gasteiger partial charge in [0.05, 0.1) is 18.3 Å². The number of hydrogen-bond acceptors (Lipinski definition) is 3. The third kappa shape index (κ3) is 5.70. The fourth-order valence-corrected chi connectivity index (χ4v) is 3.23. The molecule has 0 fully saturated rings. The maximum atomic E-state index is 13.2. The third-order valence-electron chi connectivity index (χ3n) is 4.91. The molecular weight excluding hydrogens is 362 g/mol. The molecule has 5 nitrogen and oxygen atoms in total. The Balaban J connectivity index is 1.79. The van der Waals surface area contributed by atoms with Crippen molar-refractivity contribution in [2.24, 2.45) is 0 Å². The quantitative estimate of drug-likeness (QED) is 0.602. The lowest BCUT2D eigenvalue weighted by atomic mass is 10.0. The van der Waals surface area contributed by atoms with Crippen LogP contribution in [-0.4, -0.2) is 22.0 Å². The molecule has 2 amide bonds. The van der Waals surface area contributed by atoms with Gasteiger partial charge < -0.3 is 14.6 Å². The number of aromatic nitrogens is 1. The first-order valence-electron chi connectivity index (χ1n) is 10.0. The number of hydrogen-bond donors (Lipinski definition) is 1. The minimum atomic E-state index is -0.217. The highest BCUT2D eigenvalue weighted by molar-refractivity contribution is 5.75. The molecule has 1 N–H and O–H groups in total. The molecule has 0 aliphatic heterocycles. The lowest BCUT2D eigenvalue weighted by Gasteiger charge is -2.29. The molecule has 1 unspecified atom stereocenters. The molecule has 0 saturated heterocycles. The number of aryl methyl sites for hydroxylation is 2. The number of urea groups is 1. The van der Waals surface area contributed by atoms with Gasteiger partial charge in [0.1, 0.15) is 11.5 Å². The van der Waals surface area contributed by atoms with E-state index in [1.165, 1.54) is 5.56 Å². The first-order valence-corrected chi connectivity index (χ1v) is 10.0. The van der Waals surface area contributed by atoms with E-state index in [0.717, 1.165) is 22.8 Å². The van der Waals surface area contributed by atoms with Gasteiger partial charge in [0, 0.05) is 12.2 Å². The lowest BCUT2D eigenvalue weighted by molar-refractivity contribution is 0.169. The summed E-state index contributed by atoms with van der Waals surface area (Å²) in [6.07, 6.45) is 2.43. The summed E-state index contributed by atoms with van der Waals surface area (Å²) >= 11 is 0. The predicted molar refractivity (Wildman–Crippen MR) is 115 cm³/mol. The number of nitrogens with one attached hydrogen (secondary N) is 1. The van der Waals surface area contributed by atoms with Crippen LogP contribution in [0.15, 0.2) is 65.2 Å². The van der Waals surface area contributed by atoms with Crippen LogP contribution in [0.25, 0.3) is 0 Å². The number of carbonyl (C=O) groups is 1. The van der Waals surface area contributed by atoms with Gasteiger partial charge in [0.15, 0.2) is 0 Å². The van der Waals surface area contributed by atoms with E-state index >= 15 is 0 Å². The monoisotopic (exact) mass is 391 g/mol. The summed E-state index contributed by atoms with van der Waals surface area (Å²) in [5, 5.41) is 3.19. The summed E-state index contributed by atoms with van der Waals surface area (Å²) in [5.74, 6) is 1.62. The smallest absolute Gasteiger partial charge is 0.318 e. The maximum absolute atomic E-state index is 13.2. The van der Waals surface area contributed by atoms with Crippen molar-refractivity contribution in [2.75, 3.05) is 0 Å². The zero-order chi connectivity index (χ0) is 20.8. The van der Waals surface area contributed by atoms with Crippen LogP contribution in [0.3, 0.4) is 0 Å². The molecular formula is C24H29N3O2. The Morgan fingerprint density at radius 1 is 1.07 bits per heavy atom. The predicted octanol–water partition coefficient (Wildman–Crippen LogP) is 5.20. The molecule has 1 aromatic carbocycles. The number of nitrogens with zero attached hydrogens (tertiary/aromatic N) is 2. The van der Waals surface area contributed by atoms with E-state index in [4.69, 9.17) is 4.42 Å². The molecule has 0 aliphatic rings. The maximum Gasteiger partial charge on any atom is 0.318 e. The summed E-state index contributed by atoms with van der Waals surface area (Å²) in [6, 6.07) is 17.7. The molecule has 152 valence electrons. The van der Waals surface area contributed by atoms with Crippen molar-refractivity contribution in [1.29, 1.82) is 0 Å². The molecule has 5 heteroatoms. The summed E-state index contributed by atoms with van der Waals surface area (Å²) in [4.78, 5) is 19.4. The van der Waals surface area contributed by atoms with Crippen molar-refractivity contribution in [2.45, 2.75) is 52.7 Å². The molecule has 29 heavy (non-hydrogen) atoms. The molecule has 3 aromatic rings. The molecule has 2 aromatic heterocycles. The number of rotatable bonds is 7. The summed E-state index contributed by atoms with van der Waals surface area (Å²) in [6.45, 7) is 8.41. The van der Waals surface area contributed by atoms with Crippen molar-refractivity contribution in [3.63, 3.8) is 0 Å². The van der Waals surface area contributed by atoms with Crippen molar-refractivity contribution in [3.05, 3.63) is 89.1 Å². The van der Waals surface area contributed by atoms with E-state index in [9.17, 15) is 4.79 Å². The van der Waals surface area contributed by atoms with E-state index in [1.807, 2.05) is 51.1 Å². The molecule has 0 spiro atoms. The highest BCUT2D eigenvalue weighted by atomic mass is 16.3. The Kier molecular flexibility index (Phi) is 6.70. The number of amides is 2. The van der Waals surface area contributed by atoms with E-state index in [1.54, 1.807) is 11.1 Å². The first kappa shape index (κ1) is 20.6. The number of pyridine rings is 1. The summed E-state index contributed by atoms with van der Waals surface area (Å²) in [5.41, 5.74) is 3.22. The van der Waals surface area contributed by atoms with Gasteiger partial charge in [0.2, 0.25) is 0 Å². The van der Waals surface area contributed by atoms with Crippen molar-refractivity contribution in [1.82, 2.24) is 15.2 Å². The molecule has 3 rings (SSSR count). The number of carbonyl (C=O) groups excluding carboxylic acids is 1. The van der Waals surface area contributed by atoms with Gasteiger partial charge in [-0.3, -0.25) is 4.98 Å². The fraction of sp³-hybridized carbons (Fsp3) is 0.333. The van der Waals surface area contributed by atoms with Crippen molar-refractivity contribution >= 4 is 6.03 Å². The van der Waals surface area contributed by atoms with E-state index in [2.05, 4.69) is 41.5 Å². The second-order valence-electron chi connectivity index (χ2n) is 7.68. The molecule has 1 atom stereocenters. The molecule has 0 saturated carbocycles. The van der Waals surface area contributed by atoms with Gasteiger partial charge in [-0.15, -0.1) is 0 Å². The average molecular weight is 392 g/mol. The highest BCUT2D eigenvalue weighted by Crippen LogP contribution is 2.19. The second kappa shape index (κ2) is 9.41. The van der Waals surface area contributed by atoms with Crippen LogP contribution in [-0.2, 0) is 13.0 Å². The van der Waals surface area contributed by atoms with Crippen LogP contribution in [0.4, 0.5) is 4.79 Å². The van der Waals surface area contributed by atoms with Crippen LogP contribution in [0.5, 0.6) is 0 Å². The van der Waals surface area contributed by atoms with Gasteiger partial charge in [0.25, 0.3) is 0 Å². The topological polar surface area (TPSA) is 58.4 Å². The van der Waals surface area contributed by atoms with Crippen LogP contribution in [0.2, 0.25) is 0 Å². The second-order valence-corrected chi connectivity index (χ2v) is 7.68. The fourth-order valence-electron chi connectivity index (χ4n) is 3.23. The largest absolute Gasteiger partial charge is 0.464 e. The van der Waals surface area contributed by atoms with E-state index in [-0.39, 0.29) is 18.1 Å². The van der Waals surface area contributed by atoms with Gasteiger partial charge in [-0.2, -0.15) is 0 Å². The van der Waals surface area contributed by atoms with Crippen molar-refractivity contribution in [3.8, 4) is 0 Å². The lowest BCUT2D eigenvalue weighted by Crippen LogP contribution is -2.45. The van der Waals surface area contributed by atoms with E-state index in [0.29, 0.717) is 13.0 Å². The molecule has 0 aliphatic carbocycles. The Morgan fingerprint density at radius 2 is 1.83 bits per heavy atom. The van der Waals surface area contributed by atoms with E-state index < -0.39 is 0 Å². The standard InChI is InChI=1S/C24H29N3O2/c1-17(2)27(16-21-13-10-19(4)29-21)24(28)26-23(22-7-5-6-14-25-22)15-20-11-8-18(3)9-12-20/h5-14,17,23H,15-16H2,1-4H3,(H,26,28).